The molecule has 3 N–H and O–H groups in total. The molecule has 1 amide bonds. The van der Waals surface area contributed by atoms with Crippen LogP contribution in [0, 0.1) is 0 Å². The van der Waals surface area contributed by atoms with Crippen molar-refractivity contribution in [2.24, 2.45) is 0 Å². The summed E-state index contributed by atoms with van der Waals surface area (Å²) in [6.45, 7) is -0.0492. The Hall–Kier alpha value is -4.24. The van der Waals surface area contributed by atoms with E-state index < -0.39 is 0 Å². The van der Waals surface area contributed by atoms with Crippen molar-refractivity contribution in [1.82, 2.24) is 25.5 Å². The molecule has 33 heavy (non-hydrogen) atoms. The molecule has 8 nitrogen and oxygen atoms in total. The van der Waals surface area contributed by atoms with Crippen LogP contribution < -0.4 is 15.4 Å². The fourth-order valence-corrected chi connectivity index (χ4v) is 4.08. The van der Waals surface area contributed by atoms with E-state index in [1.807, 2.05) is 60.1 Å². The number of likely N-dealkylation sites (N-methyl/N-ethyl adjacent to an activating group) is 1. The molecular formula is C24H20N6O2S. The lowest BCUT2D eigenvalue weighted by Gasteiger charge is -2.11. The second kappa shape index (κ2) is 9.09. The van der Waals surface area contributed by atoms with Crippen molar-refractivity contribution in [3.63, 3.8) is 0 Å². The van der Waals surface area contributed by atoms with Gasteiger partial charge in [-0.2, -0.15) is 5.10 Å². The van der Waals surface area contributed by atoms with Gasteiger partial charge in [-0.3, -0.25) is 9.89 Å². The van der Waals surface area contributed by atoms with Crippen LogP contribution in [0.4, 0.5) is 11.5 Å². The highest BCUT2D eigenvalue weighted by Gasteiger charge is 2.12. The zero-order chi connectivity index (χ0) is 22.6. The summed E-state index contributed by atoms with van der Waals surface area (Å²) in [6.07, 6.45) is 3.65. The molecule has 0 saturated heterocycles. The molecule has 5 rings (SSSR count). The number of carbonyl (C=O) groups excluding carboxylic acids is 1. The first-order valence-electron chi connectivity index (χ1n) is 10.2. The molecule has 0 bridgehead atoms. The van der Waals surface area contributed by atoms with E-state index in [4.69, 9.17) is 14.7 Å². The molecule has 0 aliphatic heterocycles. The number of thiophene rings is 1. The number of aromatic nitrogens is 4. The van der Waals surface area contributed by atoms with E-state index in [1.165, 1.54) is 0 Å². The van der Waals surface area contributed by atoms with E-state index in [9.17, 15) is 4.79 Å². The molecule has 0 saturated carbocycles. The van der Waals surface area contributed by atoms with Crippen LogP contribution >= 0.6 is 11.3 Å². The molecule has 0 unspecified atom stereocenters. The van der Waals surface area contributed by atoms with Crippen LogP contribution in [0.15, 0.2) is 72.4 Å². The minimum atomic E-state index is -0.193. The zero-order valence-corrected chi connectivity index (χ0v) is 18.5. The maximum atomic E-state index is 11.5. The molecule has 0 fully saturated rings. The summed E-state index contributed by atoms with van der Waals surface area (Å²) in [7, 11) is 1.58. The lowest BCUT2D eigenvalue weighted by molar-refractivity contribution is -0.122. The fraction of sp³-hybridized carbons (Fsp3) is 0.0833. The highest BCUT2D eigenvalue weighted by atomic mass is 32.1. The van der Waals surface area contributed by atoms with E-state index in [0.29, 0.717) is 11.6 Å². The fourth-order valence-electron chi connectivity index (χ4n) is 3.32. The SMILES string of the molecule is CNC(=O)COc1cccc(-c2nc(Nc3ccc(-c4cn[nH]c4)cc3)c3ccsc3n2)c1. The van der Waals surface area contributed by atoms with Gasteiger partial charge in [0, 0.05) is 30.1 Å². The summed E-state index contributed by atoms with van der Waals surface area (Å²) in [5.41, 5.74) is 3.83. The first-order valence-corrected chi connectivity index (χ1v) is 11.1. The third-order valence-electron chi connectivity index (χ3n) is 5.05. The van der Waals surface area contributed by atoms with Crippen molar-refractivity contribution in [2.45, 2.75) is 0 Å². The number of ether oxygens (including phenoxy) is 1. The van der Waals surface area contributed by atoms with Crippen molar-refractivity contribution in [2.75, 3.05) is 19.0 Å². The summed E-state index contributed by atoms with van der Waals surface area (Å²) < 4.78 is 5.57. The minimum Gasteiger partial charge on any atom is -0.484 e. The van der Waals surface area contributed by atoms with Crippen LogP contribution in [0.25, 0.3) is 32.7 Å². The molecule has 3 aromatic heterocycles. The largest absolute Gasteiger partial charge is 0.484 e. The maximum absolute atomic E-state index is 11.5. The lowest BCUT2D eigenvalue weighted by atomic mass is 10.1. The van der Waals surface area contributed by atoms with Crippen LogP contribution in [0.1, 0.15) is 0 Å². The Bertz CT molecular complexity index is 1400. The summed E-state index contributed by atoms with van der Waals surface area (Å²) in [4.78, 5) is 21.9. The smallest absolute Gasteiger partial charge is 0.257 e. The van der Waals surface area contributed by atoms with Gasteiger partial charge in [-0.05, 0) is 41.3 Å². The van der Waals surface area contributed by atoms with Crippen molar-refractivity contribution in [1.29, 1.82) is 0 Å². The van der Waals surface area contributed by atoms with E-state index in [-0.39, 0.29) is 12.5 Å². The second-order valence-corrected chi connectivity index (χ2v) is 8.11. The first kappa shape index (κ1) is 20.7. The highest BCUT2D eigenvalue weighted by Crippen LogP contribution is 2.32. The van der Waals surface area contributed by atoms with Crippen molar-refractivity contribution < 1.29 is 9.53 Å². The molecule has 3 heterocycles. The monoisotopic (exact) mass is 456 g/mol. The standard InChI is InChI=1S/C24H20N6O2S/c1-25-21(31)14-32-19-4-2-3-16(11-19)22-29-23(20-9-10-33-24(20)30-22)28-18-7-5-15(6-8-18)17-12-26-27-13-17/h2-13H,14H2,1H3,(H,25,31)(H,26,27)(H,28,29,30). The maximum Gasteiger partial charge on any atom is 0.257 e. The van der Waals surface area contributed by atoms with Crippen molar-refractivity contribution in [3.05, 3.63) is 72.4 Å². The number of hydrogen-bond acceptors (Lipinski definition) is 7. The molecule has 9 heteroatoms. The number of nitrogens with zero attached hydrogens (tertiary/aromatic N) is 3. The number of anilines is 2. The summed E-state index contributed by atoms with van der Waals surface area (Å²) in [5, 5.41) is 15.8. The topological polar surface area (TPSA) is 105 Å². The van der Waals surface area contributed by atoms with Gasteiger partial charge in [0.25, 0.3) is 5.91 Å². The van der Waals surface area contributed by atoms with Crippen LogP contribution in [-0.2, 0) is 4.79 Å². The number of H-pyrrole nitrogens is 1. The first-order chi connectivity index (χ1) is 16.2. The number of amides is 1. The van der Waals surface area contributed by atoms with E-state index >= 15 is 0 Å². The number of nitrogens with one attached hydrogen (secondary N) is 3. The molecule has 0 aliphatic rings. The molecular weight excluding hydrogens is 436 g/mol. The normalized spacial score (nSPS) is 10.8. The lowest BCUT2D eigenvalue weighted by Crippen LogP contribution is -2.24. The van der Waals surface area contributed by atoms with Gasteiger partial charge in [0.1, 0.15) is 16.4 Å². The third-order valence-corrected chi connectivity index (χ3v) is 5.85. The summed E-state index contributed by atoms with van der Waals surface area (Å²) >= 11 is 1.56. The Morgan fingerprint density at radius 1 is 1.06 bits per heavy atom. The van der Waals surface area contributed by atoms with Crippen LogP contribution in [-0.4, -0.2) is 39.7 Å². The number of hydrogen-bond donors (Lipinski definition) is 3. The van der Waals surface area contributed by atoms with E-state index in [1.54, 1.807) is 30.6 Å². The highest BCUT2D eigenvalue weighted by molar-refractivity contribution is 7.16. The Balaban J connectivity index is 1.44. The van der Waals surface area contributed by atoms with Crippen LogP contribution in [0.3, 0.4) is 0 Å². The predicted octanol–water partition coefficient (Wildman–Crippen LogP) is 4.62. The number of aromatic amines is 1. The van der Waals surface area contributed by atoms with Gasteiger partial charge < -0.3 is 15.4 Å². The Labute approximate surface area is 193 Å². The van der Waals surface area contributed by atoms with Crippen molar-refractivity contribution >= 4 is 39.0 Å². The number of rotatable bonds is 7. The van der Waals surface area contributed by atoms with Crippen LogP contribution in [0.2, 0.25) is 0 Å². The van der Waals surface area contributed by atoms with Gasteiger partial charge in [0.15, 0.2) is 12.4 Å². The molecule has 0 atom stereocenters. The minimum absolute atomic E-state index is 0.0492. The van der Waals surface area contributed by atoms with Gasteiger partial charge in [-0.15, -0.1) is 11.3 Å². The predicted molar refractivity (Wildman–Crippen MR) is 130 cm³/mol. The second-order valence-electron chi connectivity index (χ2n) is 7.21. The summed E-state index contributed by atoms with van der Waals surface area (Å²) in [6, 6.07) is 17.5. The Morgan fingerprint density at radius 2 is 1.94 bits per heavy atom. The summed E-state index contributed by atoms with van der Waals surface area (Å²) in [5.74, 6) is 1.69. The van der Waals surface area contributed by atoms with Gasteiger partial charge in [0.2, 0.25) is 0 Å². The molecule has 5 aromatic rings. The molecule has 0 spiro atoms. The Morgan fingerprint density at radius 3 is 2.73 bits per heavy atom. The van der Waals surface area contributed by atoms with Gasteiger partial charge in [-0.25, -0.2) is 9.97 Å². The molecule has 0 aliphatic carbocycles. The molecule has 164 valence electrons. The number of carbonyl (C=O) groups is 1. The van der Waals surface area contributed by atoms with Gasteiger partial charge >= 0.3 is 0 Å². The average molecular weight is 457 g/mol. The average Bonchev–Trinajstić information content (AvgIpc) is 3.56. The Kier molecular flexibility index (Phi) is 5.69. The van der Waals surface area contributed by atoms with E-state index in [2.05, 4.69) is 20.8 Å². The quantitative estimate of drug-likeness (QED) is 0.330. The van der Waals surface area contributed by atoms with Crippen LogP contribution in [0.5, 0.6) is 5.75 Å². The third kappa shape index (κ3) is 4.53. The molecule has 2 aromatic carbocycles. The zero-order valence-electron chi connectivity index (χ0n) is 17.7. The molecule has 0 radical (unpaired) electrons. The van der Waals surface area contributed by atoms with E-state index in [0.717, 1.165) is 38.4 Å². The van der Waals surface area contributed by atoms with Crippen molar-refractivity contribution in [3.8, 4) is 28.3 Å². The van der Waals surface area contributed by atoms with Gasteiger partial charge in [-0.1, -0.05) is 24.3 Å². The number of fused-ring (bicyclic) bond motifs is 1. The number of benzene rings is 2. The van der Waals surface area contributed by atoms with Gasteiger partial charge in [0.05, 0.1) is 11.6 Å².